The van der Waals surface area contributed by atoms with Crippen molar-refractivity contribution in [2.75, 3.05) is 38.1 Å². The molecular formula is C21H31N3O3. The summed E-state index contributed by atoms with van der Waals surface area (Å²) in [5.41, 5.74) is 0.437. The number of ether oxygens (including phenoxy) is 1. The fraction of sp³-hybridized carbons (Fsp3) is 0.619. The van der Waals surface area contributed by atoms with Gasteiger partial charge in [0.1, 0.15) is 5.75 Å². The lowest BCUT2D eigenvalue weighted by molar-refractivity contribution is -0.133. The topological polar surface area (TPSA) is 70.7 Å². The van der Waals surface area contributed by atoms with Crippen LogP contribution in [-0.2, 0) is 9.59 Å². The predicted octanol–water partition coefficient (Wildman–Crippen LogP) is 2.65. The molecular weight excluding hydrogens is 342 g/mol. The summed E-state index contributed by atoms with van der Waals surface area (Å²) in [7, 11) is 0. The second-order valence-corrected chi connectivity index (χ2v) is 7.57. The highest BCUT2D eigenvalue weighted by Gasteiger charge is 2.49. The molecule has 2 amide bonds. The molecule has 2 N–H and O–H groups in total. The average Bonchev–Trinajstić information content (AvgIpc) is 3.13. The van der Waals surface area contributed by atoms with E-state index in [1.807, 2.05) is 32.0 Å². The van der Waals surface area contributed by atoms with Gasteiger partial charge in [-0.25, -0.2) is 0 Å². The van der Waals surface area contributed by atoms with Crippen LogP contribution in [0.3, 0.4) is 0 Å². The molecule has 0 aromatic heterocycles. The first kappa shape index (κ1) is 19.7. The minimum Gasteiger partial charge on any atom is -0.484 e. The van der Waals surface area contributed by atoms with Crippen LogP contribution in [0.25, 0.3) is 0 Å². The number of nitrogens with zero attached hydrogens (tertiary/aromatic N) is 1. The Kier molecular flexibility index (Phi) is 6.37. The Morgan fingerprint density at radius 2 is 2.11 bits per heavy atom. The highest BCUT2D eigenvalue weighted by atomic mass is 16.5. The van der Waals surface area contributed by atoms with E-state index in [1.54, 1.807) is 11.0 Å². The summed E-state index contributed by atoms with van der Waals surface area (Å²) in [6.45, 7) is 6.95. The maximum absolute atomic E-state index is 13.1. The number of hydrogen-bond donors (Lipinski definition) is 2. The molecule has 0 spiro atoms. The summed E-state index contributed by atoms with van der Waals surface area (Å²) in [6.07, 6.45) is 4.40. The number of nitrogens with one attached hydrogen (secondary N) is 2. The van der Waals surface area contributed by atoms with Crippen molar-refractivity contribution in [3.8, 4) is 5.75 Å². The van der Waals surface area contributed by atoms with Gasteiger partial charge >= 0.3 is 0 Å². The fourth-order valence-electron chi connectivity index (χ4n) is 4.42. The van der Waals surface area contributed by atoms with Crippen LogP contribution >= 0.6 is 0 Å². The molecule has 2 fully saturated rings. The third-order valence-electron chi connectivity index (χ3n) is 6.06. The maximum Gasteiger partial charge on any atom is 0.260 e. The number of benzene rings is 1. The van der Waals surface area contributed by atoms with E-state index in [-0.39, 0.29) is 23.8 Å². The number of hydrogen-bond acceptors (Lipinski definition) is 4. The first-order chi connectivity index (χ1) is 13.1. The zero-order valence-electron chi connectivity index (χ0n) is 16.4. The van der Waals surface area contributed by atoms with Crippen molar-refractivity contribution < 1.29 is 14.3 Å². The van der Waals surface area contributed by atoms with Gasteiger partial charge in [-0.3, -0.25) is 9.59 Å². The SMILES string of the molecule is CCN(CC)C(=O)COc1cccc(NC(=O)[C@@]23CCCC[C@H]2CNC3)c1. The largest absolute Gasteiger partial charge is 0.484 e. The Hall–Kier alpha value is -2.08. The van der Waals surface area contributed by atoms with Crippen LogP contribution < -0.4 is 15.4 Å². The normalized spacial score (nSPS) is 24.1. The molecule has 6 nitrogen and oxygen atoms in total. The van der Waals surface area contributed by atoms with Crippen LogP contribution in [0.1, 0.15) is 39.5 Å². The summed E-state index contributed by atoms with van der Waals surface area (Å²) in [5.74, 6) is 1.09. The van der Waals surface area contributed by atoms with Crippen LogP contribution in [0.15, 0.2) is 24.3 Å². The van der Waals surface area contributed by atoms with Crippen LogP contribution in [0, 0.1) is 11.3 Å². The Labute approximate surface area is 161 Å². The Morgan fingerprint density at radius 1 is 1.30 bits per heavy atom. The number of fused-ring (bicyclic) bond motifs is 1. The van der Waals surface area contributed by atoms with E-state index < -0.39 is 0 Å². The predicted molar refractivity (Wildman–Crippen MR) is 106 cm³/mol. The molecule has 1 heterocycles. The molecule has 1 aliphatic carbocycles. The molecule has 2 atom stereocenters. The minimum absolute atomic E-state index is 0.00894. The third-order valence-corrected chi connectivity index (χ3v) is 6.06. The standard InChI is InChI=1S/C21H31N3O3/c1-3-24(4-2)19(25)14-27-18-10-7-9-17(12-18)23-20(26)21-11-6-5-8-16(21)13-22-15-21/h7,9-10,12,16,22H,3-6,8,11,13-15H2,1-2H3,(H,23,26)/t16-,21+/m0/s1. The van der Waals surface area contributed by atoms with Gasteiger partial charge in [-0.05, 0) is 51.3 Å². The molecule has 3 rings (SSSR count). The lowest BCUT2D eigenvalue weighted by atomic mass is 9.67. The average molecular weight is 373 g/mol. The van der Waals surface area contributed by atoms with E-state index in [0.29, 0.717) is 24.8 Å². The van der Waals surface area contributed by atoms with Crippen molar-refractivity contribution in [3.05, 3.63) is 24.3 Å². The zero-order valence-corrected chi connectivity index (χ0v) is 16.4. The van der Waals surface area contributed by atoms with Gasteiger partial charge in [0.2, 0.25) is 5.91 Å². The van der Waals surface area contributed by atoms with Crippen LogP contribution in [-0.4, -0.2) is 49.5 Å². The lowest BCUT2D eigenvalue weighted by Crippen LogP contribution is -2.44. The molecule has 1 saturated carbocycles. The Bertz CT molecular complexity index is 674. The van der Waals surface area contributed by atoms with Gasteiger partial charge in [0.05, 0.1) is 5.41 Å². The summed E-state index contributed by atoms with van der Waals surface area (Å²) in [6, 6.07) is 7.32. The van der Waals surface area contributed by atoms with Crippen LogP contribution in [0.5, 0.6) is 5.75 Å². The van der Waals surface area contributed by atoms with E-state index in [1.165, 1.54) is 6.42 Å². The molecule has 0 radical (unpaired) electrons. The minimum atomic E-state index is -0.284. The van der Waals surface area contributed by atoms with Gasteiger partial charge in [0.25, 0.3) is 5.91 Å². The maximum atomic E-state index is 13.1. The van der Waals surface area contributed by atoms with Gasteiger partial charge in [-0.1, -0.05) is 18.9 Å². The lowest BCUT2D eigenvalue weighted by Gasteiger charge is -2.37. The first-order valence-electron chi connectivity index (χ1n) is 10.1. The van der Waals surface area contributed by atoms with E-state index in [9.17, 15) is 9.59 Å². The Balaban J connectivity index is 1.62. The monoisotopic (exact) mass is 373 g/mol. The van der Waals surface area contributed by atoms with Crippen molar-refractivity contribution in [3.63, 3.8) is 0 Å². The third kappa shape index (κ3) is 4.26. The van der Waals surface area contributed by atoms with E-state index in [0.717, 1.165) is 38.0 Å². The summed E-state index contributed by atoms with van der Waals surface area (Å²) >= 11 is 0. The van der Waals surface area contributed by atoms with E-state index in [4.69, 9.17) is 4.74 Å². The summed E-state index contributed by atoms with van der Waals surface area (Å²) < 4.78 is 5.65. The van der Waals surface area contributed by atoms with Gasteiger partial charge < -0.3 is 20.3 Å². The van der Waals surface area contributed by atoms with Gasteiger partial charge in [0, 0.05) is 31.4 Å². The Morgan fingerprint density at radius 3 is 2.89 bits per heavy atom. The highest BCUT2D eigenvalue weighted by molar-refractivity contribution is 5.96. The van der Waals surface area contributed by atoms with Crippen molar-refractivity contribution in [1.29, 1.82) is 0 Å². The number of amides is 2. The van der Waals surface area contributed by atoms with Crippen LogP contribution in [0.4, 0.5) is 5.69 Å². The molecule has 1 aromatic rings. The van der Waals surface area contributed by atoms with Crippen LogP contribution in [0.2, 0.25) is 0 Å². The molecule has 1 aromatic carbocycles. The van der Waals surface area contributed by atoms with Crippen molar-refractivity contribution in [2.24, 2.45) is 11.3 Å². The summed E-state index contributed by atoms with van der Waals surface area (Å²) in [4.78, 5) is 26.9. The van der Waals surface area contributed by atoms with Gasteiger partial charge in [-0.15, -0.1) is 0 Å². The number of rotatable bonds is 7. The number of carbonyl (C=O) groups is 2. The zero-order chi connectivity index (χ0) is 19.3. The number of anilines is 1. The molecule has 0 unspecified atom stereocenters. The van der Waals surface area contributed by atoms with E-state index >= 15 is 0 Å². The molecule has 0 bridgehead atoms. The molecule has 6 heteroatoms. The van der Waals surface area contributed by atoms with Gasteiger partial charge in [-0.2, -0.15) is 0 Å². The second kappa shape index (κ2) is 8.74. The second-order valence-electron chi connectivity index (χ2n) is 7.57. The van der Waals surface area contributed by atoms with Gasteiger partial charge in [0.15, 0.2) is 6.61 Å². The van der Waals surface area contributed by atoms with Crippen molar-refractivity contribution in [1.82, 2.24) is 10.2 Å². The molecule has 1 aliphatic heterocycles. The fourth-order valence-corrected chi connectivity index (χ4v) is 4.42. The molecule has 148 valence electrons. The quantitative estimate of drug-likeness (QED) is 0.771. The molecule has 2 aliphatic rings. The van der Waals surface area contributed by atoms with Crippen molar-refractivity contribution >= 4 is 17.5 Å². The van der Waals surface area contributed by atoms with Crippen molar-refractivity contribution in [2.45, 2.75) is 39.5 Å². The smallest absolute Gasteiger partial charge is 0.260 e. The van der Waals surface area contributed by atoms with E-state index in [2.05, 4.69) is 10.6 Å². The molecule has 1 saturated heterocycles. The summed E-state index contributed by atoms with van der Waals surface area (Å²) in [5, 5.41) is 6.50. The number of likely N-dealkylation sites (N-methyl/N-ethyl adjacent to an activating group) is 1. The number of carbonyl (C=O) groups excluding carboxylic acids is 2. The highest BCUT2D eigenvalue weighted by Crippen LogP contribution is 2.44. The first-order valence-corrected chi connectivity index (χ1v) is 10.1. The molecule has 27 heavy (non-hydrogen) atoms.